The van der Waals surface area contributed by atoms with Gasteiger partial charge >= 0.3 is 0 Å². The summed E-state index contributed by atoms with van der Waals surface area (Å²) in [6.45, 7) is 8.38. The second-order valence-electron chi connectivity index (χ2n) is 9.53. The Bertz CT molecular complexity index is 992. The van der Waals surface area contributed by atoms with Gasteiger partial charge in [-0.1, -0.05) is 24.3 Å². The van der Waals surface area contributed by atoms with Crippen LogP contribution in [0, 0.1) is 0 Å². The molecule has 7 nitrogen and oxygen atoms in total. The Kier molecular flexibility index (Phi) is 7.45. The van der Waals surface area contributed by atoms with Crippen LogP contribution in [0.2, 0.25) is 0 Å². The van der Waals surface area contributed by atoms with Crippen molar-refractivity contribution < 1.29 is 19.4 Å². The molecule has 0 spiro atoms. The van der Waals surface area contributed by atoms with E-state index in [0.717, 1.165) is 75.7 Å². The van der Waals surface area contributed by atoms with Crippen molar-refractivity contribution in [2.45, 2.75) is 25.5 Å². The standard InChI is InChI=1S/C27H35N3O4/c31-24(19-29-9-7-21-3-1-2-4-23(21)18-29)20-30-10-8-22-17-25(5-6-26(22)27(30)32)34-16-13-28-11-14-33-15-12-28/h1-6,17,24,31H,7-16,18-20H2. The largest absolute Gasteiger partial charge is 0.492 e. The van der Waals surface area contributed by atoms with Crippen molar-refractivity contribution in [1.29, 1.82) is 0 Å². The third-order valence-corrected chi connectivity index (χ3v) is 7.14. The quantitative estimate of drug-likeness (QED) is 0.642. The minimum atomic E-state index is -0.557. The number of aliphatic hydroxyl groups excluding tert-OH is 1. The van der Waals surface area contributed by atoms with Gasteiger partial charge in [-0.25, -0.2) is 0 Å². The Hall–Kier alpha value is -2.45. The van der Waals surface area contributed by atoms with Crippen molar-refractivity contribution >= 4 is 5.91 Å². The van der Waals surface area contributed by atoms with Crippen LogP contribution in [-0.2, 0) is 24.1 Å². The molecule has 1 fully saturated rings. The summed E-state index contributed by atoms with van der Waals surface area (Å²) in [5, 5.41) is 10.7. The van der Waals surface area contributed by atoms with Crippen LogP contribution in [0.4, 0.5) is 0 Å². The number of hydrogen-bond acceptors (Lipinski definition) is 6. The molecule has 5 rings (SSSR count). The molecule has 1 N–H and O–H groups in total. The van der Waals surface area contributed by atoms with Crippen LogP contribution in [0.1, 0.15) is 27.0 Å². The zero-order valence-corrected chi connectivity index (χ0v) is 19.8. The molecule has 3 aliphatic rings. The van der Waals surface area contributed by atoms with Crippen LogP contribution in [-0.4, -0.2) is 97.5 Å². The first kappa shape index (κ1) is 23.3. The van der Waals surface area contributed by atoms with E-state index in [0.29, 0.717) is 26.2 Å². The number of morpholine rings is 1. The van der Waals surface area contributed by atoms with Crippen LogP contribution in [0.5, 0.6) is 5.75 Å². The maximum Gasteiger partial charge on any atom is 0.254 e. The molecule has 1 atom stereocenters. The lowest BCUT2D eigenvalue weighted by atomic mass is 9.98. The molecule has 34 heavy (non-hydrogen) atoms. The SMILES string of the molecule is O=C1c2ccc(OCCN3CCOCC3)cc2CCN1CC(O)CN1CCc2ccccc2C1. The molecular formula is C27H35N3O4. The maximum atomic E-state index is 13.1. The van der Waals surface area contributed by atoms with Gasteiger partial charge in [-0.15, -0.1) is 0 Å². The van der Waals surface area contributed by atoms with Crippen molar-refractivity contribution in [3.63, 3.8) is 0 Å². The number of amides is 1. The molecule has 1 amide bonds. The molecule has 1 saturated heterocycles. The average Bonchev–Trinajstić information content (AvgIpc) is 2.86. The Morgan fingerprint density at radius 1 is 0.912 bits per heavy atom. The molecule has 0 aromatic heterocycles. The number of carbonyl (C=O) groups is 1. The van der Waals surface area contributed by atoms with E-state index < -0.39 is 6.10 Å². The summed E-state index contributed by atoms with van der Waals surface area (Å²) in [6, 6.07) is 14.3. The molecule has 0 aliphatic carbocycles. The molecule has 0 radical (unpaired) electrons. The van der Waals surface area contributed by atoms with Gasteiger partial charge < -0.3 is 19.5 Å². The zero-order valence-electron chi connectivity index (χ0n) is 19.8. The fraction of sp³-hybridized carbons (Fsp3) is 0.519. The van der Waals surface area contributed by atoms with Gasteiger partial charge in [-0.3, -0.25) is 14.6 Å². The summed E-state index contributed by atoms with van der Waals surface area (Å²) in [4.78, 5) is 19.5. The number of aliphatic hydroxyl groups is 1. The monoisotopic (exact) mass is 465 g/mol. The van der Waals surface area contributed by atoms with E-state index in [-0.39, 0.29) is 5.91 Å². The van der Waals surface area contributed by atoms with Crippen molar-refractivity contribution in [3.8, 4) is 5.75 Å². The summed E-state index contributed by atoms with van der Waals surface area (Å²) in [6.07, 6.45) is 1.24. The second-order valence-corrected chi connectivity index (χ2v) is 9.53. The smallest absolute Gasteiger partial charge is 0.254 e. The first-order valence-corrected chi connectivity index (χ1v) is 12.5. The third-order valence-electron chi connectivity index (χ3n) is 7.14. The minimum absolute atomic E-state index is 0.00385. The van der Waals surface area contributed by atoms with Crippen molar-refractivity contribution in [2.24, 2.45) is 0 Å². The molecule has 2 aromatic rings. The summed E-state index contributed by atoms with van der Waals surface area (Å²) in [7, 11) is 0. The topological polar surface area (TPSA) is 65.5 Å². The first-order chi connectivity index (χ1) is 16.7. The Morgan fingerprint density at radius 2 is 1.71 bits per heavy atom. The number of carbonyl (C=O) groups excluding carboxylic acids is 1. The highest BCUT2D eigenvalue weighted by Gasteiger charge is 2.27. The summed E-state index contributed by atoms with van der Waals surface area (Å²) < 4.78 is 11.3. The van der Waals surface area contributed by atoms with Crippen molar-refractivity contribution in [3.05, 3.63) is 64.7 Å². The third kappa shape index (κ3) is 5.61. The lowest BCUT2D eigenvalue weighted by Crippen LogP contribution is -2.46. The highest BCUT2D eigenvalue weighted by Crippen LogP contribution is 2.25. The van der Waals surface area contributed by atoms with Gasteiger partial charge in [0.2, 0.25) is 0 Å². The van der Waals surface area contributed by atoms with Crippen LogP contribution < -0.4 is 4.74 Å². The highest BCUT2D eigenvalue weighted by atomic mass is 16.5. The van der Waals surface area contributed by atoms with Crippen LogP contribution in [0.3, 0.4) is 0 Å². The van der Waals surface area contributed by atoms with Gasteiger partial charge in [0.15, 0.2) is 0 Å². The number of rotatable bonds is 8. The van der Waals surface area contributed by atoms with Gasteiger partial charge in [0, 0.05) is 57.9 Å². The normalized spacial score (nSPS) is 20.0. The predicted octanol–water partition coefficient (Wildman–Crippen LogP) is 1.82. The fourth-order valence-corrected chi connectivity index (χ4v) is 5.21. The molecule has 0 saturated carbocycles. The lowest BCUT2D eigenvalue weighted by Gasteiger charge is -2.34. The fourth-order valence-electron chi connectivity index (χ4n) is 5.21. The van der Waals surface area contributed by atoms with Crippen molar-refractivity contribution in [2.75, 3.05) is 65.6 Å². The second kappa shape index (κ2) is 10.9. The van der Waals surface area contributed by atoms with E-state index >= 15 is 0 Å². The number of nitrogens with zero attached hydrogens (tertiary/aromatic N) is 3. The molecule has 2 aromatic carbocycles. The van der Waals surface area contributed by atoms with Gasteiger partial charge in [0.1, 0.15) is 12.4 Å². The van der Waals surface area contributed by atoms with Gasteiger partial charge in [0.05, 0.1) is 19.3 Å². The highest BCUT2D eigenvalue weighted by molar-refractivity contribution is 5.97. The minimum Gasteiger partial charge on any atom is -0.492 e. The Balaban J connectivity index is 1.11. The van der Waals surface area contributed by atoms with Crippen LogP contribution in [0.15, 0.2) is 42.5 Å². The van der Waals surface area contributed by atoms with E-state index in [4.69, 9.17) is 9.47 Å². The molecular weight excluding hydrogens is 430 g/mol. The molecule has 3 heterocycles. The molecule has 1 unspecified atom stereocenters. The van der Waals surface area contributed by atoms with Gasteiger partial charge in [-0.05, 0) is 47.7 Å². The van der Waals surface area contributed by atoms with Crippen LogP contribution >= 0.6 is 0 Å². The number of β-amino-alcohol motifs (C(OH)–C–C–N with tert-alkyl or cyclic N) is 1. The van der Waals surface area contributed by atoms with Gasteiger partial charge in [0.25, 0.3) is 5.91 Å². The molecule has 3 aliphatic heterocycles. The average molecular weight is 466 g/mol. The van der Waals surface area contributed by atoms with E-state index in [1.165, 1.54) is 11.1 Å². The Labute approximate surface area is 201 Å². The predicted molar refractivity (Wildman–Crippen MR) is 130 cm³/mol. The van der Waals surface area contributed by atoms with Gasteiger partial charge in [-0.2, -0.15) is 0 Å². The van der Waals surface area contributed by atoms with E-state index in [1.54, 1.807) is 4.90 Å². The van der Waals surface area contributed by atoms with E-state index in [1.807, 2.05) is 18.2 Å². The number of fused-ring (bicyclic) bond motifs is 2. The zero-order chi connectivity index (χ0) is 23.3. The van der Waals surface area contributed by atoms with E-state index in [2.05, 4.69) is 34.1 Å². The Morgan fingerprint density at radius 3 is 2.56 bits per heavy atom. The lowest BCUT2D eigenvalue weighted by molar-refractivity contribution is 0.0322. The summed E-state index contributed by atoms with van der Waals surface area (Å²) in [5.41, 5.74) is 4.51. The number of ether oxygens (including phenoxy) is 2. The number of benzene rings is 2. The van der Waals surface area contributed by atoms with E-state index in [9.17, 15) is 9.90 Å². The summed E-state index contributed by atoms with van der Waals surface area (Å²) >= 11 is 0. The summed E-state index contributed by atoms with van der Waals surface area (Å²) in [5.74, 6) is 0.822. The molecule has 0 bridgehead atoms. The number of hydrogen-bond donors (Lipinski definition) is 1. The van der Waals surface area contributed by atoms with Crippen LogP contribution in [0.25, 0.3) is 0 Å². The maximum absolute atomic E-state index is 13.1. The molecule has 7 heteroatoms. The van der Waals surface area contributed by atoms with Crippen molar-refractivity contribution in [1.82, 2.24) is 14.7 Å². The molecule has 182 valence electrons. The first-order valence-electron chi connectivity index (χ1n) is 12.5.